The quantitative estimate of drug-likeness (QED) is 0.202. The van der Waals surface area contributed by atoms with Gasteiger partial charge in [-0.05, 0) is 48.9 Å². The molecule has 3 aromatic carbocycles. The monoisotopic (exact) mass is 495 g/mol. The molecule has 4 rings (SSSR count). The van der Waals surface area contributed by atoms with Gasteiger partial charge in [-0.25, -0.2) is 0 Å². The fourth-order valence-corrected chi connectivity index (χ4v) is 4.68. The number of thiocarbonyl (C=S) groups is 1. The minimum atomic E-state index is -0.123. The molecule has 7 heteroatoms. The Morgan fingerprint density at radius 3 is 2.48 bits per heavy atom. The third-order valence-corrected chi connectivity index (χ3v) is 6.56. The van der Waals surface area contributed by atoms with Crippen LogP contribution in [-0.4, -0.2) is 28.3 Å². The molecule has 1 saturated heterocycles. The second-order valence-corrected chi connectivity index (χ2v) is 9.56. The van der Waals surface area contributed by atoms with E-state index in [0.29, 0.717) is 39.8 Å². The molecule has 33 heavy (non-hydrogen) atoms. The lowest BCUT2D eigenvalue weighted by Crippen LogP contribution is -2.27. The Bertz CT molecular complexity index is 1180. The molecule has 1 amide bonds. The summed E-state index contributed by atoms with van der Waals surface area (Å²) in [6.07, 6.45) is 1.78. The van der Waals surface area contributed by atoms with Crippen molar-refractivity contribution in [3.8, 4) is 11.5 Å². The van der Waals surface area contributed by atoms with Crippen molar-refractivity contribution in [2.75, 3.05) is 13.2 Å². The van der Waals surface area contributed by atoms with Crippen molar-refractivity contribution < 1.29 is 14.3 Å². The molecule has 3 aromatic rings. The van der Waals surface area contributed by atoms with Gasteiger partial charge in [0.1, 0.15) is 29.0 Å². The Morgan fingerprint density at radius 1 is 1.00 bits per heavy atom. The number of nitrogens with zero attached hydrogens (tertiary/aromatic N) is 1. The van der Waals surface area contributed by atoms with Crippen molar-refractivity contribution in [1.29, 1.82) is 0 Å². The lowest BCUT2D eigenvalue weighted by molar-refractivity contribution is -0.122. The molecule has 0 aromatic heterocycles. The number of carbonyl (C=O) groups is 1. The average Bonchev–Trinajstić information content (AvgIpc) is 3.07. The highest BCUT2D eigenvalue weighted by atomic mass is 35.5. The molecule has 0 saturated carbocycles. The van der Waals surface area contributed by atoms with Crippen LogP contribution in [0.2, 0.25) is 5.02 Å². The molecule has 0 aliphatic carbocycles. The summed E-state index contributed by atoms with van der Waals surface area (Å²) in [6, 6.07) is 23.0. The molecular weight excluding hydrogens is 474 g/mol. The van der Waals surface area contributed by atoms with Crippen molar-refractivity contribution in [3.05, 3.63) is 99.4 Å². The van der Waals surface area contributed by atoms with Crippen LogP contribution >= 0.6 is 35.6 Å². The molecule has 0 N–H and O–H groups in total. The summed E-state index contributed by atoms with van der Waals surface area (Å²) < 4.78 is 12.2. The molecule has 1 fully saturated rings. The van der Waals surface area contributed by atoms with E-state index in [-0.39, 0.29) is 5.91 Å². The topological polar surface area (TPSA) is 38.8 Å². The van der Waals surface area contributed by atoms with Crippen LogP contribution in [0.3, 0.4) is 0 Å². The van der Waals surface area contributed by atoms with Crippen LogP contribution in [0.1, 0.15) is 16.7 Å². The standard InChI is InChI=1S/C26H22ClNO3S2/c1-18-7-10-22(11-8-18)30-13-14-31-23-12-9-21(27)15-20(23)16-24-25(29)28(26(32)33-24)17-19-5-3-2-4-6-19/h2-12,15-16H,13-14,17H2,1H3/b24-16+. The normalized spacial score (nSPS) is 14.7. The maximum Gasteiger partial charge on any atom is 0.266 e. The van der Waals surface area contributed by atoms with Gasteiger partial charge in [-0.3, -0.25) is 9.69 Å². The largest absolute Gasteiger partial charge is 0.490 e. The lowest BCUT2D eigenvalue weighted by atomic mass is 10.1. The summed E-state index contributed by atoms with van der Waals surface area (Å²) in [5.41, 5.74) is 2.92. The third kappa shape index (κ3) is 6.16. The minimum Gasteiger partial charge on any atom is -0.490 e. The Morgan fingerprint density at radius 2 is 1.73 bits per heavy atom. The molecule has 1 aliphatic rings. The zero-order chi connectivity index (χ0) is 23.2. The number of benzene rings is 3. The van der Waals surface area contributed by atoms with Crippen molar-refractivity contribution in [1.82, 2.24) is 4.90 Å². The highest BCUT2D eigenvalue weighted by molar-refractivity contribution is 8.26. The number of hydrogen-bond donors (Lipinski definition) is 0. The van der Waals surface area contributed by atoms with E-state index >= 15 is 0 Å². The van der Waals surface area contributed by atoms with Gasteiger partial charge in [0.15, 0.2) is 0 Å². The molecule has 0 spiro atoms. The third-order valence-electron chi connectivity index (χ3n) is 4.95. The number of ether oxygens (including phenoxy) is 2. The number of aryl methyl sites for hydroxylation is 1. The van der Waals surface area contributed by atoms with Gasteiger partial charge in [0.2, 0.25) is 0 Å². The van der Waals surface area contributed by atoms with Crippen molar-refractivity contribution in [2.45, 2.75) is 13.5 Å². The molecule has 0 unspecified atom stereocenters. The van der Waals surface area contributed by atoms with E-state index in [1.165, 1.54) is 17.3 Å². The second-order valence-electron chi connectivity index (χ2n) is 7.45. The van der Waals surface area contributed by atoms with Crippen molar-refractivity contribution in [3.63, 3.8) is 0 Å². The molecule has 4 nitrogen and oxygen atoms in total. The zero-order valence-corrected chi connectivity index (χ0v) is 20.4. The van der Waals surface area contributed by atoms with Gasteiger partial charge in [-0.2, -0.15) is 0 Å². The van der Waals surface area contributed by atoms with Gasteiger partial charge < -0.3 is 9.47 Å². The van der Waals surface area contributed by atoms with Crippen LogP contribution < -0.4 is 9.47 Å². The smallest absolute Gasteiger partial charge is 0.266 e. The van der Waals surface area contributed by atoms with Crippen LogP contribution in [0, 0.1) is 6.92 Å². The van der Waals surface area contributed by atoms with Crippen molar-refractivity contribution >= 4 is 51.9 Å². The van der Waals surface area contributed by atoms with E-state index in [1.807, 2.05) is 61.5 Å². The second kappa shape index (κ2) is 10.9. The number of thioether (sulfide) groups is 1. The molecule has 168 valence electrons. The summed E-state index contributed by atoms with van der Waals surface area (Å²) in [5, 5.41) is 0.560. The molecule has 0 atom stereocenters. The Labute approximate surface area is 208 Å². The zero-order valence-electron chi connectivity index (χ0n) is 18.0. The van der Waals surface area contributed by atoms with E-state index in [2.05, 4.69) is 0 Å². The first-order chi connectivity index (χ1) is 16.0. The van der Waals surface area contributed by atoms with Crippen LogP contribution in [0.25, 0.3) is 6.08 Å². The number of halogens is 1. The predicted molar refractivity (Wildman–Crippen MR) is 139 cm³/mol. The number of amides is 1. The summed E-state index contributed by atoms with van der Waals surface area (Å²) in [6.45, 7) is 3.22. The average molecular weight is 496 g/mol. The SMILES string of the molecule is Cc1ccc(OCCOc2ccc(Cl)cc2/C=C2/SC(=S)N(Cc3ccccc3)C2=O)cc1. The minimum absolute atomic E-state index is 0.123. The number of rotatable bonds is 8. The molecule has 1 aliphatic heterocycles. The first kappa shape index (κ1) is 23.4. The van der Waals surface area contributed by atoms with E-state index < -0.39 is 0 Å². The van der Waals surface area contributed by atoms with Crippen LogP contribution in [0.15, 0.2) is 77.7 Å². The van der Waals surface area contributed by atoms with E-state index in [0.717, 1.165) is 16.9 Å². The maximum atomic E-state index is 13.0. The fourth-order valence-electron chi connectivity index (χ4n) is 3.25. The molecule has 1 heterocycles. The first-order valence-corrected chi connectivity index (χ1v) is 12.0. The van der Waals surface area contributed by atoms with Gasteiger partial charge in [-0.1, -0.05) is 83.6 Å². The van der Waals surface area contributed by atoms with Crippen LogP contribution in [0.4, 0.5) is 0 Å². The Kier molecular flexibility index (Phi) is 7.70. The molecule has 0 bridgehead atoms. The van der Waals surface area contributed by atoms with Gasteiger partial charge in [0.05, 0.1) is 11.4 Å². The fraction of sp³-hybridized carbons (Fsp3) is 0.154. The van der Waals surface area contributed by atoms with E-state index in [1.54, 1.807) is 29.2 Å². The number of hydrogen-bond acceptors (Lipinski definition) is 5. The molecule has 0 radical (unpaired) electrons. The summed E-state index contributed by atoms with van der Waals surface area (Å²) in [5.74, 6) is 1.30. The van der Waals surface area contributed by atoms with Crippen molar-refractivity contribution in [2.24, 2.45) is 0 Å². The first-order valence-electron chi connectivity index (χ1n) is 10.4. The summed E-state index contributed by atoms with van der Waals surface area (Å²) >= 11 is 13.0. The van der Waals surface area contributed by atoms with E-state index in [4.69, 9.17) is 33.3 Å². The highest BCUT2D eigenvalue weighted by Gasteiger charge is 2.32. The lowest BCUT2D eigenvalue weighted by Gasteiger charge is -2.14. The Hall–Kier alpha value is -2.80. The highest BCUT2D eigenvalue weighted by Crippen LogP contribution is 2.35. The molecular formula is C26H22ClNO3S2. The summed E-state index contributed by atoms with van der Waals surface area (Å²) in [4.78, 5) is 15.2. The van der Waals surface area contributed by atoms with Gasteiger partial charge in [0, 0.05) is 10.6 Å². The van der Waals surface area contributed by atoms with Gasteiger partial charge in [0.25, 0.3) is 5.91 Å². The van der Waals surface area contributed by atoms with Gasteiger partial charge in [-0.15, -0.1) is 0 Å². The van der Waals surface area contributed by atoms with E-state index in [9.17, 15) is 4.79 Å². The summed E-state index contributed by atoms with van der Waals surface area (Å²) in [7, 11) is 0. The maximum absolute atomic E-state index is 13.0. The van der Waals surface area contributed by atoms with Crippen LogP contribution in [0.5, 0.6) is 11.5 Å². The predicted octanol–water partition coefficient (Wildman–Crippen LogP) is 6.51. The number of carbonyl (C=O) groups excluding carboxylic acids is 1. The van der Waals surface area contributed by atoms with Gasteiger partial charge >= 0.3 is 0 Å². The van der Waals surface area contributed by atoms with Crippen LogP contribution in [-0.2, 0) is 11.3 Å². The Balaban J connectivity index is 1.43.